The number of aliphatic hydroxyl groups excluding tert-OH is 1. The SMILES string of the molecule is N#Cc1ccc(N2C[C@H](O)C[C@H]2c2cc(F)ccc2F)cc1. The molecule has 1 saturated heterocycles. The summed E-state index contributed by atoms with van der Waals surface area (Å²) in [5.74, 6) is -0.989. The Morgan fingerprint density at radius 1 is 1.14 bits per heavy atom. The molecule has 3 rings (SSSR count). The van der Waals surface area contributed by atoms with Gasteiger partial charge in [-0.2, -0.15) is 5.26 Å². The van der Waals surface area contributed by atoms with Gasteiger partial charge in [0, 0.05) is 17.8 Å². The highest BCUT2D eigenvalue weighted by Gasteiger charge is 2.34. The molecule has 0 bridgehead atoms. The molecule has 0 aromatic heterocycles. The molecule has 0 amide bonds. The van der Waals surface area contributed by atoms with Crippen molar-refractivity contribution in [1.82, 2.24) is 0 Å². The second-order valence-corrected chi connectivity index (χ2v) is 5.38. The van der Waals surface area contributed by atoms with E-state index in [1.54, 1.807) is 24.3 Å². The maximum Gasteiger partial charge on any atom is 0.128 e. The number of halogens is 2. The smallest absolute Gasteiger partial charge is 0.128 e. The van der Waals surface area contributed by atoms with Crippen LogP contribution in [0, 0.1) is 23.0 Å². The maximum absolute atomic E-state index is 14.0. The van der Waals surface area contributed by atoms with E-state index in [2.05, 4.69) is 0 Å². The first kappa shape index (κ1) is 14.5. The fourth-order valence-electron chi connectivity index (χ4n) is 2.89. The van der Waals surface area contributed by atoms with Crippen LogP contribution in [-0.4, -0.2) is 17.8 Å². The van der Waals surface area contributed by atoms with Crippen LogP contribution in [0.2, 0.25) is 0 Å². The fraction of sp³-hybridized carbons (Fsp3) is 0.235. The van der Waals surface area contributed by atoms with E-state index in [9.17, 15) is 13.9 Å². The number of anilines is 1. The van der Waals surface area contributed by atoms with E-state index in [4.69, 9.17) is 5.26 Å². The van der Waals surface area contributed by atoms with Crippen LogP contribution in [0.1, 0.15) is 23.6 Å². The van der Waals surface area contributed by atoms with Gasteiger partial charge in [-0.25, -0.2) is 8.78 Å². The van der Waals surface area contributed by atoms with Crippen molar-refractivity contribution >= 4 is 5.69 Å². The molecule has 2 aromatic rings. The minimum absolute atomic E-state index is 0.237. The highest BCUT2D eigenvalue weighted by molar-refractivity contribution is 5.53. The molecule has 2 atom stereocenters. The van der Waals surface area contributed by atoms with Crippen molar-refractivity contribution in [1.29, 1.82) is 5.26 Å². The minimum Gasteiger partial charge on any atom is -0.391 e. The first-order valence-electron chi connectivity index (χ1n) is 6.98. The van der Waals surface area contributed by atoms with Gasteiger partial charge in [-0.3, -0.25) is 0 Å². The number of hydrogen-bond donors (Lipinski definition) is 1. The van der Waals surface area contributed by atoms with Crippen molar-refractivity contribution in [3.05, 3.63) is 65.2 Å². The van der Waals surface area contributed by atoms with Crippen molar-refractivity contribution in [3.63, 3.8) is 0 Å². The molecule has 2 aromatic carbocycles. The lowest BCUT2D eigenvalue weighted by molar-refractivity contribution is 0.194. The third-order valence-corrected chi connectivity index (χ3v) is 3.92. The lowest BCUT2D eigenvalue weighted by Crippen LogP contribution is -2.24. The van der Waals surface area contributed by atoms with Gasteiger partial charge in [0.15, 0.2) is 0 Å². The molecule has 1 N–H and O–H groups in total. The molecular weight excluding hydrogens is 286 g/mol. The highest BCUT2D eigenvalue weighted by atomic mass is 19.1. The first-order chi connectivity index (χ1) is 10.6. The second kappa shape index (κ2) is 5.74. The molecule has 3 nitrogen and oxygen atoms in total. The highest BCUT2D eigenvalue weighted by Crippen LogP contribution is 2.37. The van der Waals surface area contributed by atoms with E-state index in [1.807, 2.05) is 11.0 Å². The normalized spacial score (nSPS) is 20.9. The van der Waals surface area contributed by atoms with Crippen molar-refractivity contribution < 1.29 is 13.9 Å². The quantitative estimate of drug-likeness (QED) is 0.927. The van der Waals surface area contributed by atoms with Crippen LogP contribution in [0.3, 0.4) is 0 Å². The Hall–Kier alpha value is -2.45. The third-order valence-electron chi connectivity index (χ3n) is 3.92. The molecule has 1 aliphatic heterocycles. The van der Waals surface area contributed by atoms with Gasteiger partial charge in [0.2, 0.25) is 0 Å². The third kappa shape index (κ3) is 2.66. The molecule has 22 heavy (non-hydrogen) atoms. The van der Waals surface area contributed by atoms with Crippen molar-refractivity contribution in [3.8, 4) is 6.07 Å². The summed E-state index contributed by atoms with van der Waals surface area (Å²) in [6, 6.07) is 11.8. The van der Waals surface area contributed by atoms with E-state index in [0.717, 1.165) is 17.8 Å². The number of benzene rings is 2. The Balaban J connectivity index is 1.98. The number of nitriles is 1. The summed E-state index contributed by atoms with van der Waals surface area (Å²) in [5, 5.41) is 18.8. The van der Waals surface area contributed by atoms with E-state index in [0.29, 0.717) is 18.5 Å². The van der Waals surface area contributed by atoms with E-state index in [1.165, 1.54) is 6.07 Å². The van der Waals surface area contributed by atoms with E-state index < -0.39 is 23.8 Å². The maximum atomic E-state index is 14.0. The fourth-order valence-corrected chi connectivity index (χ4v) is 2.89. The van der Waals surface area contributed by atoms with Crippen LogP contribution in [0.4, 0.5) is 14.5 Å². The number of β-amino-alcohol motifs (C(OH)–C–C–N with tert-alkyl or cyclic N) is 1. The average Bonchev–Trinajstić information content (AvgIpc) is 2.91. The zero-order chi connectivity index (χ0) is 15.7. The summed E-state index contributed by atoms with van der Waals surface area (Å²) >= 11 is 0. The standard InChI is InChI=1S/C17H14F2N2O/c18-12-3-6-16(19)15(7-12)17-8-14(22)10-21(17)13-4-1-11(9-20)2-5-13/h1-7,14,17,22H,8,10H2/t14-,17+/m1/s1. The summed E-state index contributed by atoms with van der Waals surface area (Å²) in [5.41, 5.74) is 1.53. The van der Waals surface area contributed by atoms with Crippen molar-refractivity contribution in [2.75, 3.05) is 11.4 Å². The molecule has 0 aliphatic carbocycles. The Bertz CT molecular complexity index is 724. The Labute approximate surface area is 127 Å². The van der Waals surface area contributed by atoms with Crippen LogP contribution >= 0.6 is 0 Å². The van der Waals surface area contributed by atoms with Crippen LogP contribution in [0.15, 0.2) is 42.5 Å². The Morgan fingerprint density at radius 3 is 2.55 bits per heavy atom. The topological polar surface area (TPSA) is 47.3 Å². The predicted molar refractivity (Wildman–Crippen MR) is 78.2 cm³/mol. The van der Waals surface area contributed by atoms with Crippen LogP contribution in [0.25, 0.3) is 0 Å². The lowest BCUT2D eigenvalue weighted by Gasteiger charge is -2.27. The van der Waals surface area contributed by atoms with Crippen LogP contribution in [0.5, 0.6) is 0 Å². The van der Waals surface area contributed by atoms with Gasteiger partial charge >= 0.3 is 0 Å². The molecule has 112 valence electrons. The number of hydrogen-bond acceptors (Lipinski definition) is 3. The molecular formula is C17H14F2N2O. The summed E-state index contributed by atoms with van der Waals surface area (Å²) in [4.78, 5) is 1.84. The molecule has 1 fully saturated rings. The van der Waals surface area contributed by atoms with Crippen LogP contribution < -0.4 is 4.90 Å². The van der Waals surface area contributed by atoms with Crippen molar-refractivity contribution in [2.24, 2.45) is 0 Å². The molecule has 0 unspecified atom stereocenters. The van der Waals surface area contributed by atoms with E-state index in [-0.39, 0.29) is 5.56 Å². The molecule has 5 heteroatoms. The van der Waals surface area contributed by atoms with Gasteiger partial charge in [-0.05, 0) is 48.9 Å². The summed E-state index contributed by atoms with van der Waals surface area (Å²) < 4.78 is 27.5. The number of nitrogens with zero attached hydrogens (tertiary/aromatic N) is 2. The summed E-state index contributed by atoms with van der Waals surface area (Å²) in [6.07, 6.45) is -0.274. The van der Waals surface area contributed by atoms with Crippen LogP contribution in [-0.2, 0) is 0 Å². The Morgan fingerprint density at radius 2 is 1.86 bits per heavy atom. The van der Waals surface area contributed by atoms with E-state index >= 15 is 0 Å². The summed E-state index contributed by atoms with van der Waals surface area (Å²) in [6.45, 7) is 0.340. The van der Waals surface area contributed by atoms with Gasteiger partial charge in [0.25, 0.3) is 0 Å². The Kier molecular flexibility index (Phi) is 3.78. The predicted octanol–water partition coefficient (Wildman–Crippen LogP) is 3.15. The minimum atomic E-state index is -0.608. The van der Waals surface area contributed by atoms with Gasteiger partial charge in [0.1, 0.15) is 11.6 Å². The number of rotatable bonds is 2. The molecule has 0 saturated carbocycles. The zero-order valence-electron chi connectivity index (χ0n) is 11.7. The monoisotopic (exact) mass is 300 g/mol. The van der Waals surface area contributed by atoms with Gasteiger partial charge in [-0.1, -0.05) is 0 Å². The van der Waals surface area contributed by atoms with Gasteiger partial charge < -0.3 is 10.0 Å². The number of aliphatic hydroxyl groups is 1. The lowest BCUT2D eigenvalue weighted by atomic mass is 10.0. The molecule has 1 aliphatic rings. The zero-order valence-corrected chi connectivity index (χ0v) is 11.7. The van der Waals surface area contributed by atoms with Gasteiger partial charge in [-0.15, -0.1) is 0 Å². The second-order valence-electron chi connectivity index (χ2n) is 5.38. The average molecular weight is 300 g/mol. The van der Waals surface area contributed by atoms with Gasteiger partial charge in [0.05, 0.1) is 23.8 Å². The summed E-state index contributed by atoms with van der Waals surface area (Å²) in [7, 11) is 0. The molecule has 0 radical (unpaired) electrons. The van der Waals surface area contributed by atoms with Crippen molar-refractivity contribution in [2.45, 2.75) is 18.6 Å². The largest absolute Gasteiger partial charge is 0.391 e. The molecule has 0 spiro atoms. The first-order valence-corrected chi connectivity index (χ1v) is 6.98. The molecule has 1 heterocycles.